The number of alkyl halides is 2. The Morgan fingerprint density at radius 1 is 1.29 bits per heavy atom. The molecule has 0 radical (unpaired) electrons. The van der Waals surface area contributed by atoms with Gasteiger partial charge in [-0.1, -0.05) is 23.2 Å². The molecule has 2 aromatic heterocycles. The first-order valence-electron chi connectivity index (χ1n) is 3.57. The highest BCUT2D eigenvalue weighted by atomic mass is 35.5. The number of halogens is 4. The van der Waals surface area contributed by atoms with Crippen molar-refractivity contribution in [3.8, 4) is 0 Å². The summed E-state index contributed by atoms with van der Waals surface area (Å²) in [5.41, 5.74) is 0.476. The molecule has 0 bridgehead atoms. The van der Waals surface area contributed by atoms with Crippen LogP contribution in [0.5, 0.6) is 0 Å². The summed E-state index contributed by atoms with van der Waals surface area (Å²) in [7, 11) is 0. The molecule has 7 heteroatoms. The maximum atomic E-state index is 12.2. The molecule has 0 aliphatic heterocycles. The van der Waals surface area contributed by atoms with Crippen LogP contribution in [0.1, 0.15) is 12.2 Å². The van der Waals surface area contributed by atoms with Gasteiger partial charge in [-0.15, -0.1) is 0 Å². The number of nitrogens with one attached hydrogen (secondary N) is 1. The maximum Gasteiger partial charge on any atom is 0.295 e. The molecule has 0 fully saturated rings. The van der Waals surface area contributed by atoms with Gasteiger partial charge in [0, 0.05) is 0 Å². The molecule has 0 aromatic carbocycles. The van der Waals surface area contributed by atoms with Crippen LogP contribution in [-0.4, -0.2) is 15.0 Å². The van der Waals surface area contributed by atoms with E-state index in [1.165, 1.54) is 6.07 Å². The molecule has 1 N–H and O–H groups in total. The summed E-state index contributed by atoms with van der Waals surface area (Å²) in [6.07, 6.45) is -2.67. The molecule has 74 valence electrons. The van der Waals surface area contributed by atoms with Crippen molar-refractivity contribution in [3.05, 3.63) is 22.1 Å². The van der Waals surface area contributed by atoms with Crippen LogP contribution in [0.2, 0.25) is 10.2 Å². The first-order chi connectivity index (χ1) is 6.58. The van der Waals surface area contributed by atoms with Gasteiger partial charge in [0.25, 0.3) is 6.43 Å². The van der Waals surface area contributed by atoms with E-state index in [0.717, 1.165) is 0 Å². The molecular formula is C7H3Cl2F2N3. The number of imidazole rings is 1. The Kier molecular flexibility index (Phi) is 2.28. The zero-order chi connectivity index (χ0) is 10.3. The third-order valence-electron chi connectivity index (χ3n) is 1.61. The van der Waals surface area contributed by atoms with Crippen LogP contribution in [-0.2, 0) is 0 Å². The zero-order valence-corrected chi connectivity index (χ0v) is 8.07. The normalized spacial score (nSPS) is 11.5. The molecule has 2 rings (SSSR count). The molecule has 3 nitrogen and oxygen atoms in total. The van der Waals surface area contributed by atoms with Gasteiger partial charge in [-0.25, -0.2) is 18.7 Å². The van der Waals surface area contributed by atoms with E-state index in [0.29, 0.717) is 5.52 Å². The molecule has 0 aliphatic rings. The van der Waals surface area contributed by atoms with Gasteiger partial charge >= 0.3 is 0 Å². The van der Waals surface area contributed by atoms with Gasteiger partial charge in [0.05, 0.1) is 10.5 Å². The number of aromatic nitrogens is 3. The first-order valence-corrected chi connectivity index (χ1v) is 4.33. The van der Waals surface area contributed by atoms with Gasteiger partial charge in [-0.05, 0) is 6.07 Å². The standard InChI is InChI=1S/C7H3Cl2F2N3/c8-2-1-3-6(13-4(2)9)14-7(12-3)5(10)11/h1,5H,(H,12,13,14). The Morgan fingerprint density at radius 3 is 2.64 bits per heavy atom. The lowest BCUT2D eigenvalue weighted by molar-refractivity contribution is 0.142. The van der Waals surface area contributed by atoms with E-state index in [9.17, 15) is 8.78 Å². The van der Waals surface area contributed by atoms with Gasteiger partial charge in [0.15, 0.2) is 11.5 Å². The fourth-order valence-electron chi connectivity index (χ4n) is 1.02. The van der Waals surface area contributed by atoms with E-state index in [1.54, 1.807) is 0 Å². The van der Waals surface area contributed by atoms with Crippen molar-refractivity contribution in [3.63, 3.8) is 0 Å². The van der Waals surface area contributed by atoms with E-state index in [1.807, 2.05) is 0 Å². The van der Waals surface area contributed by atoms with Crippen molar-refractivity contribution >= 4 is 34.4 Å². The number of hydrogen-bond donors (Lipinski definition) is 1. The molecule has 0 saturated heterocycles. The number of H-pyrrole nitrogens is 1. The highest BCUT2D eigenvalue weighted by Gasteiger charge is 2.14. The Bertz CT molecular complexity index is 444. The summed E-state index contributed by atoms with van der Waals surface area (Å²) in [6, 6.07) is 1.41. The van der Waals surface area contributed by atoms with Crippen LogP contribution in [0.3, 0.4) is 0 Å². The third kappa shape index (κ3) is 1.53. The van der Waals surface area contributed by atoms with E-state index >= 15 is 0 Å². The molecule has 0 spiro atoms. The number of rotatable bonds is 1. The van der Waals surface area contributed by atoms with Crippen LogP contribution in [0.4, 0.5) is 8.78 Å². The molecular weight excluding hydrogens is 235 g/mol. The summed E-state index contributed by atoms with van der Waals surface area (Å²) >= 11 is 11.2. The highest BCUT2D eigenvalue weighted by molar-refractivity contribution is 6.41. The van der Waals surface area contributed by atoms with Gasteiger partial charge in [-0.2, -0.15) is 0 Å². The highest BCUT2D eigenvalue weighted by Crippen LogP contribution is 2.25. The molecule has 0 atom stereocenters. The Hall–Kier alpha value is -0.940. The van der Waals surface area contributed by atoms with Crippen molar-refractivity contribution in [1.82, 2.24) is 15.0 Å². The predicted molar refractivity (Wildman–Crippen MR) is 48.9 cm³/mol. The van der Waals surface area contributed by atoms with Crippen LogP contribution in [0, 0.1) is 0 Å². The number of pyridine rings is 1. The van der Waals surface area contributed by atoms with Gasteiger partial charge in [-0.3, -0.25) is 0 Å². The van der Waals surface area contributed by atoms with Crippen molar-refractivity contribution in [2.24, 2.45) is 0 Å². The van der Waals surface area contributed by atoms with E-state index in [2.05, 4.69) is 15.0 Å². The average molecular weight is 238 g/mol. The van der Waals surface area contributed by atoms with Crippen molar-refractivity contribution < 1.29 is 8.78 Å². The molecule has 0 aliphatic carbocycles. The first kappa shape index (κ1) is 9.61. The second kappa shape index (κ2) is 3.33. The number of nitrogens with zero attached hydrogens (tertiary/aromatic N) is 2. The quantitative estimate of drug-likeness (QED) is 0.775. The van der Waals surface area contributed by atoms with Crippen molar-refractivity contribution in [1.29, 1.82) is 0 Å². The third-order valence-corrected chi connectivity index (χ3v) is 2.28. The fraction of sp³-hybridized carbons (Fsp3) is 0.143. The molecule has 2 heterocycles. The fourth-order valence-corrected chi connectivity index (χ4v) is 1.30. The summed E-state index contributed by atoms with van der Waals surface area (Å²) in [6.45, 7) is 0. The summed E-state index contributed by atoms with van der Waals surface area (Å²) in [4.78, 5) is 9.69. The van der Waals surface area contributed by atoms with E-state index in [-0.39, 0.29) is 15.8 Å². The average Bonchev–Trinajstić information content (AvgIpc) is 2.48. The Morgan fingerprint density at radius 2 is 2.00 bits per heavy atom. The van der Waals surface area contributed by atoms with Crippen LogP contribution in [0.15, 0.2) is 6.07 Å². The monoisotopic (exact) mass is 237 g/mol. The largest absolute Gasteiger partial charge is 0.336 e. The SMILES string of the molecule is FC(F)c1nc2nc(Cl)c(Cl)cc2[nH]1. The van der Waals surface area contributed by atoms with Crippen LogP contribution in [0.25, 0.3) is 11.2 Å². The minimum atomic E-state index is -2.67. The molecule has 14 heavy (non-hydrogen) atoms. The Labute approximate surface area is 87.1 Å². The number of fused-ring (bicyclic) bond motifs is 1. The summed E-state index contributed by atoms with van der Waals surface area (Å²) in [5.74, 6) is -0.439. The lowest BCUT2D eigenvalue weighted by Crippen LogP contribution is -1.85. The number of hydrogen-bond acceptors (Lipinski definition) is 2. The molecule has 0 unspecified atom stereocenters. The minimum Gasteiger partial charge on any atom is -0.336 e. The summed E-state index contributed by atoms with van der Waals surface area (Å²) in [5, 5.41) is 0.245. The minimum absolute atomic E-state index is 0.0477. The predicted octanol–water partition coefficient (Wildman–Crippen LogP) is 3.20. The van der Waals surface area contributed by atoms with Crippen LogP contribution < -0.4 is 0 Å². The zero-order valence-electron chi connectivity index (χ0n) is 6.56. The summed E-state index contributed by atoms with van der Waals surface area (Å²) < 4.78 is 24.4. The lowest BCUT2D eigenvalue weighted by Gasteiger charge is -1.92. The molecule has 0 saturated carbocycles. The Balaban J connectivity index is 2.66. The molecule has 0 amide bonds. The van der Waals surface area contributed by atoms with Gasteiger partial charge in [0.1, 0.15) is 5.15 Å². The van der Waals surface area contributed by atoms with Crippen molar-refractivity contribution in [2.45, 2.75) is 6.43 Å². The smallest absolute Gasteiger partial charge is 0.295 e. The second-order valence-corrected chi connectivity index (χ2v) is 3.32. The van der Waals surface area contributed by atoms with E-state index in [4.69, 9.17) is 23.2 Å². The molecule has 2 aromatic rings. The number of aromatic amines is 1. The van der Waals surface area contributed by atoms with Crippen molar-refractivity contribution in [2.75, 3.05) is 0 Å². The van der Waals surface area contributed by atoms with Gasteiger partial charge in [0.2, 0.25) is 0 Å². The van der Waals surface area contributed by atoms with E-state index < -0.39 is 12.2 Å². The maximum absolute atomic E-state index is 12.2. The van der Waals surface area contributed by atoms with Gasteiger partial charge < -0.3 is 4.98 Å². The van der Waals surface area contributed by atoms with Crippen LogP contribution >= 0.6 is 23.2 Å². The topological polar surface area (TPSA) is 41.6 Å². The lowest BCUT2D eigenvalue weighted by atomic mass is 10.4. The second-order valence-electron chi connectivity index (χ2n) is 2.55.